The van der Waals surface area contributed by atoms with Crippen LogP contribution in [0.4, 0.5) is 10.1 Å². The molecule has 1 atom stereocenters. The highest BCUT2D eigenvalue weighted by Crippen LogP contribution is 2.26. The molecule has 1 N–H and O–H groups in total. The molecule has 2 amide bonds. The molecule has 7 nitrogen and oxygen atoms in total. The van der Waals surface area contributed by atoms with E-state index in [4.69, 9.17) is 11.6 Å². The molecule has 3 aromatic carbocycles. The monoisotopic (exact) mass is 571 g/mol. The van der Waals surface area contributed by atoms with Crippen molar-refractivity contribution in [2.75, 3.05) is 10.8 Å². The van der Waals surface area contributed by atoms with Gasteiger partial charge in [0, 0.05) is 23.2 Å². The molecule has 0 saturated heterocycles. The summed E-state index contributed by atoms with van der Waals surface area (Å²) >= 11 is 5.96. The molecule has 206 valence electrons. The van der Waals surface area contributed by atoms with Crippen molar-refractivity contribution in [1.82, 2.24) is 10.2 Å². The van der Waals surface area contributed by atoms with Gasteiger partial charge in [-0.3, -0.25) is 13.9 Å². The molecule has 1 saturated carbocycles. The second-order valence-electron chi connectivity index (χ2n) is 9.58. The lowest BCUT2D eigenvalue weighted by Crippen LogP contribution is -2.52. The molecular weight excluding hydrogens is 541 g/mol. The van der Waals surface area contributed by atoms with E-state index in [1.807, 2.05) is 0 Å². The first kappa shape index (κ1) is 28.6. The largest absolute Gasteiger partial charge is 0.352 e. The maximum atomic E-state index is 14.6. The summed E-state index contributed by atoms with van der Waals surface area (Å²) in [5, 5.41) is 3.36. The summed E-state index contributed by atoms with van der Waals surface area (Å²) in [5.74, 6) is -1.53. The van der Waals surface area contributed by atoms with Gasteiger partial charge in [0.05, 0.1) is 10.6 Å². The molecule has 1 fully saturated rings. The Balaban J connectivity index is 1.67. The fourth-order valence-corrected chi connectivity index (χ4v) is 6.18. The average Bonchev–Trinajstić information content (AvgIpc) is 3.44. The quantitative estimate of drug-likeness (QED) is 0.365. The minimum absolute atomic E-state index is 0.0245. The van der Waals surface area contributed by atoms with Crippen LogP contribution in [0.5, 0.6) is 0 Å². The Morgan fingerprint density at radius 2 is 1.59 bits per heavy atom. The standard InChI is InChI=1S/C29H31ClFN3O4S/c1-21(29(36)32-24-10-6-7-11-24)33(19-22-9-5-8-14-27(22)31)28(35)20-34(25-12-3-2-4-13-25)39(37,38)26-17-15-23(30)16-18-26/h2-5,8-9,12-18,21,24H,6-7,10-11,19-20H2,1H3,(H,32,36)/t21-/m1/s1. The molecule has 39 heavy (non-hydrogen) atoms. The highest BCUT2D eigenvalue weighted by atomic mass is 35.5. The zero-order valence-electron chi connectivity index (χ0n) is 21.6. The minimum Gasteiger partial charge on any atom is -0.352 e. The molecule has 0 aromatic heterocycles. The van der Waals surface area contributed by atoms with E-state index >= 15 is 0 Å². The number of carbonyl (C=O) groups is 2. The van der Waals surface area contributed by atoms with Gasteiger partial charge in [0.15, 0.2) is 0 Å². The van der Waals surface area contributed by atoms with Crippen LogP contribution in [0.1, 0.15) is 38.2 Å². The van der Waals surface area contributed by atoms with Gasteiger partial charge in [-0.1, -0.05) is 60.8 Å². The van der Waals surface area contributed by atoms with Crippen LogP contribution in [-0.2, 0) is 26.2 Å². The number of nitrogens with one attached hydrogen (secondary N) is 1. The van der Waals surface area contributed by atoms with Crippen LogP contribution in [0, 0.1) is 5.82 Å². The molecule has 1 aliphatic rings. The lowest BCUT2D eigenvalue weighted by atomic mass is 10.1. The number of benzene rings is 3. The van der Waals surface area contributed by atoms with Crippen LogP contribution in [0.3, 0.4) is 0 Å². The molecule has 0 bridgehead atoms. The van der Waals surface area contributed by atoms with Crippen molar-refractivity contribution in [2.45, 2.75) is 56.1 Å². The van der Waals surface area contributed by atoms with Gasteiger partial charge < -0.3 is 10.2 Å². The topological polar surface area (TPSA) is 86.8 Å². The summed E-state index contributed by atoms with van der Waals surface area (Å²) < 4.78 is 43.1. The first-order valence-corrected chi connectivity index (χ1v) is 14.6. The summed E-state index contributed by atoms with van der Waals surface area (Å²) in [4.78, 5) is 28.2. The second-order valence-corrected chi connectivity index (χ2v) is 11.9. The first-order valence-electron chi connectivity index (χ1n) is 12.8. The highest BCUT2D eigenvalue weighted by Gasteiger charge is 2.33. The number of rotatable bonds is 10. The summed E-state index contributed by atoms with van der Waals surface area (Å²) in [7, 11) is -4.19. The van der Waals surface area contributed by atoms with Crippen LogP contribution >= 0.6 is 11.6 Å². The van der Waals surface area contributed by atoms with Crippen LogP contribution in [0.15, 0.2) is 83.8 Å². The zero-order valence-corrected chi connectivity index (χ0v) is 23.2. The molecule has 0 unspecified atom stereocenters. The Hall–Kier alpha value is -3.43. The van der Waals surface area contributed by atoms with Crippen molar-refractivity contribution in [3.63, 3.8) is 0 Å². The van der Waals surface area contributed by atoms with E-state index in [0.29, 0.717) is 5.02 Å². The van der Waals surface area contributed by atoms with Gasteiger partial charge in [0.1, 0.15) is 18.4 Å². The van der Waals surface area contributed by atoms with E-state index in [-0.39, 0.29) is 34.6 Å². The fraction of sp³-hybridized carbons (Fsp3) is 0.310. The van der Waals surface area contributed by atoms with E-state index in [1.165, 1.54) is 47.4 Å². The van der Waals surface area contributed by atoms with Crippen molar-refractivity contribution in [2.24, 2.45) is 0 Å². The van der Waals surface area contributed by atoms with E-state index < -0.39 is 34.3 Å². The molecule has 1 aliphatic carbocycles. The molecule has 0 aliphatic heterocycles. The maximum absolute atomic E-state index is 14.6. The molecular formula is C29H31ClFN3O4S. The van der Waals surface area contributed by atoms with E-state index in [9.17, 15) is 22.4 Å². The van der Waals surface area contributed by atoms with Crippen molar-refractivity contribution < 1.29 is 22.4 Å². The number of hydrogen-bond donors (Lipinski definition) is 1. The summed E-state index contributed by atoms with van der Waals surface area (Å²) in [5.41, 5.74) is 0.493. The van der Waals surface area contributed by atoms with Crippen LogP contribution < -0.4 is 9.62 Å². The number of halogens is 2. The van der Waals surface area contributed by atoms with Crippen LogP contribution in [-0.4, -0.2) is 43.8 Å². The lowest BCUT2D eigenvalue weighted by Gasteiger charge is -2.32. The zero-order chi connectivity index (χ0) is 28.0. The number of carbonyl (C=O) groups excluding carboxylic acids is 2. The van der Waals surface area contributed by atoms with Gasteiger partial charge >= 0.3 is 0 Å². The molecule has 0 spiro atoms. The van der Waals surface area contributed by atoms with Gasteiger partial charge in [0.2, 0.25) is 11.8 Å². The number of nitrogens with zero attached hydrogens (tertiary/aromatic N) is 2. The number of amides is 2. The number of anilines is 1. The van der Waals surface area contributed by atoms with E-state index in [2.05, 4.69) is 5.32 Å². The average molecular weight is 572 g/mol. The fourth-order valence-electron chi connectivity index (χ4n) is 4.64. The maximum Gasteiger partial charge on any atom is 0.264 e. The highest BCUT2D eigenvalue weighted by molar-refractivity contribution is 7.92. The van der Waals surface area contributed by atoms with Gasteiger partial charge in [-0.15, -0.1) is 0 Å². The van der Waals surface area contributed by atoms with Crippen molar-refractivity contribution >= 4 is 39.1 Å². The van der Waals surface area contributed by atoms with Gasteiger partial charge in [-0.25, -0.2) is 12.8 Å². The van der Waals surface area contributed by atoms with Crippen molar-refractivity contribution in [3.05, 3.63) is 95.3 Å². The predicted octanol–water partition coefficient (Wildman–Crippen LogP) is 5.15. The van der Waals surface area contributed by atoms with Crippen molar-refractivity contribution in [1.29, 1.82) is 0 Å². The van der Waals surface area contributed by atoms with Gasteiger partial charge in [0.25, 0.3) is 10.0 Å². The molecule has 4 rings (SSSR count). The third kappa shape index (κ3) is 6.96. The SMILES string of the molecule is C[C@H](C(=O)NC1CCCC1)N(Cc1ccccc1F)C(=O)CN(c1ccccc1)S(=O)(=O)c1ccc(Cl)cc1. The van der Waals surface area contributed by atoms with E-state index in [1.54, 1.807) is 43.3 Å². The first-order chi connectivity index (χ1) is 18.7. The third-order valence-corrected chi connectivity index (χ3v) is 8.93. The molecule has 0 heterocycles. The Morgan fingerprint density at radius 3 is 2.23 bits per heavy atom. The van der Waals surface area contributed by atoms with Crippen LogP contribution in [0.2, 0.25) is 5.02 Å². The summed E-state index contributed by atoms with van der Waals surface area (Å²) in [6.07, 6.45) is 3.76. The van der Waals surface area contributed by atoms with Crippen LogP contribution in [0.25, 0.3) is 0 Å². The summed E-state index contributed by atoms with van der Waals surface area (Å²) in [6, 6.07) is 18.9. The Bertz CT molecular complexity index is 1400. The molecule has 10 heteroatoms. The number of hydrogen-bond acceptors (Lipinski definition) is 4. The Kier molecular flexibility index (Phi) is 9.24. The lowest BCUT2D eigenvalue weighted by molar-refractivity contribution is -0.139. The Morgan fingerprint density at radius 1 is 0.974 bits per heavy atom. The predicted molar refractivity (Wildman–Crippen MR) is 149 cm³/mol. The van der Waals surface area contributed by atoms with Gasteiger partial charge in [-0.05, 0) is 62.2 Å². The second kappa shape index (κ2) is 12.6. The number of sulfonamides is 1. The molecule has 3 aromatic rings. The Labute approximate surface area is 233 Å². The van der Waals surface area contributed by atoms with Gasteiger partial charge in [-0.2, -0.15) is 0 Å². The van der Waals surface area contributed by atoms with E-state index in [0.717, 1.165) is 30.0 Å². The smallest absolute Gasteiger partial charge is 0.264 e. The molecule has 0 radical (unpaired) electrons. The third-order valence-electron chi connectivity index (χ3n) is 6.89. The van der Waals surface area contributed by atoms with Crippen molar-refractivity contribution in [3.8, 4) is 0 Å². The summed E-state index contributed by atoms with van der Waals surface area (Å²) in [6.45, 7) is 0.780. The minimum atomic E-state index is -4.19. The number of para-hydroxylation sites is 1. The normalized spacial score (nSPS) is 14.5.